The van der Waals surface area contributed by atoms with Crippen molar-refractivity contribution in [3.63, 3.8) is 0 Å². The second kappa shape index (κ2) is 3.96. The van der Waals surface area contributed by atoms with Crippen LogP contribution in [0.15, 0.2) is 30.5 Å². The molecule has 0 amide bonds. The molecule has 4 heteroatoms. The highest BCUT2D eigenvalue weighted by molar-refractivity contribution is 5.56. The Labute approximate surface area is 98.5 Å². The monoisotopic (exact) mass is 232 g/mol. The molecule has 0 spiro atoms. The minimum atomic E-state index is -0.309. The lowest BCUT2D eigenvalue weighted by Gasteiger charge is -2.21. The summed E-state index contributed by atoms with van der Waals surface area (Å²) in [5, 5.41) is 9.68. The Morgan fingerprint density at radius 2 is 2.06 bits per heavy atom. The minimum Gasteiger partial charge on any atom is -0.391 e. The van der Waals surface area contributed by atoms with Gasteiger partial charge >= 0.3 is 0 Å². The Hall–Kier alpha value is -1.68. The summed E-state index contributed by atoms with van der Waals surface area (Å²) in [6.45, 7) is 0.571. The Kier molecular flexibility index (Phi) is 2.44. The zero-order chi connectivity index (χ0) is 11.8. The lowest BCUT2D eigenvalue weighted by Crippen LogP contribution is -2.24. The van der Waals surface area contributed by atoms with Crippen molar-refractivity contribution in [3.05, 3.63) is 42.0 Å². The summed E-state index contributed by atoms with van der Waals surface area (Å²) < 4.78 is 14.9. The third kappa shape index (κ3) is 1.85. The molecule has 0 bridgehead atoms. The van der Waals surface area contributed by atoms with E-state index in [1.165, 1.54) is 12.1 Å². The fourth-order valence-corrected chi connectivity index (χ4v) is 2.26. The van der Waals surface area contributed by atoms with Crippen LogP contribution in [0.2, 0.25) is 0 Å². The van der Waals surface area contributed by atoms with Crippen molar-refractivity contribution in [1.82, 2.24) is 9.55 Å². The molecule has 0 radical (unpaired) electrons. The molecule has 1 unspecified atom stereocenters. The third-order valence-electron chi connectivity index (χ3n) is 3.17. The van der Waals surface area contributed by atoms with Gasteiger partial charge in [0.2, 0.25) is 0 Å². The Balaban J connectivity index is 2.04. The van der Waals surface area contributed by atoms with Crippen LogP contribution in [0.1, 0.15) is 12.1 Å². The van der Waals surface area contributed by atoms with Crippen molar-refractivity contribution < 1.29 is 9.50 Å². The van der Waals surface area contributed by atoms with E-state index in [2.05, 4.69) is 4.98 Å². The van der Waals surface area contributed by atoms with Crippen molar-refractivity contribution in [2.45, 2.75) is 25.5 Å². The first kappa shape index (κ1) is 10.5. The number of hydrogen-bond donors (Lipinski definition) is 1. The van der Waals surface area contributed by atoms with Gasteiger partial charge in [-0.15, -0.1) is 0 Å². The van der Waals surface area contributed by atoms with E-state index in [-0.39, 0.29) is 11.9 Å². The lowest BCUT2D eigenvalue weighted by atomic mass is 10.1. The highest BCUT2D eigenvalue weighted by Gasteiger charge is 2.20. The first-order valence-electron chi connectivity index (χ1n) is 5.72. The van der Waals surface area contributed by atoms with E-state index in [9.17, 15) is 9.50 Å². The quantitative estimate of drug-likeness (QED) is 0.816. The van der Waals surface area contributed by atoms with Gasteiger partial charge in [-0.25, -0.2) is 9.37 Å². The summed E-state index contributed by atoms with van der Waals surface area (Å²) in [5.41, 5.74) is 2.02. The molecular formula is C13H13FN2O. The molecule has 2 aromatic rings. The first-order chi connectivity index (χ1) is 8.24. The van der Waals surface area contributed by atoms with Crippen LogP contribution in [0.25, 0.3) is 11.4 Å². The number of halogens is 1. The summed E-state index contributed by atoms with van der Waals surface area (Å²) in [6, 6.07) is 6.28. The van der Waals surface area contributed by atoms with E-state index in [1.807, 2.05) is 10.8 Å². The van der Waals surface area contributed by atoms with Gasteiger partial charge in [0.05, 0.1) is 12.6 Å². The number of rotatable bonds is 1. The van der Waals surface area contributed by atoms with Gasteiger partial charge in [0.25, 0.3) is 0 Å². The molecule has 0 saturated carbocycles. The molecule has 1 aromatic heterocycles. The average Bonchev–Trinajstić information content (AvgIpc) is 2.73. The Morgan fingerprint density at radius 3 is 2.82 bits per heavy atom. The highest BCUT2D eigenvalue weighted by atomic mass is 19.1. The van der Waals surface area contributed by atoms with Crippen LogP contribution in [-0.4, -0.2) is 20.8 Å². The number of fused-ring (bicyclic) bond motifs is 1. The summed E-state index contributed by atoms with van der Waals surface area (Å²) in [7, 11) is 0. The number of aromatic nitrogens is 2. The van der Waals surface area contributed by atoms with Gasteiger partial charge in [0.1, 0.15) is 11.6 Å². The Bertz CT molecular complexity index is 533. The van der Waals surface area contributed by atoms with Crippen molar-refractivity contribution in [2.24, 2.45) is 0 Å². The van der Waals surface area contributed by atoms with Crippen molar-refractivity contribution in [2.75, 3.05) is 0 Å². The fourth-order valence-electron chi connectivity index (χ4n) is 2.26. The largest absolute Gasteiger partial charge is 0.391 e. The molecule has 1 N–H and O–H groups in total. The second-order valence-corrected chi connectivity index (χ2v) is 4.38. The van der Waals surface area contributed by atoms with Gasteiger partial charge in [-0.1, -0.05) is 0 Å². The molecule has 2 heterocycles. The molecule has 0 saturated heterocycles. The third-order valence-corrected chi connectivity index (χ3v) is 3.17. The van der Waals surface area contributed by atoms with E-state index in [1.54, 1.807) is 12.1 Å². The van der Waals surface area contributed by atoms with Crippen LogP contribution >= 0.6 is 0 Å². The van der Waals surface area contributed by atoms with Crippen LogP contribution in [0.5, 0.6) is 0 Å². The summed E-state index contributed by atoms with van der Waals surface area (Å²) in [5.74, 6) is 0.554. The molecule has 3 nitrogen and oxygen atoms in total. The van der Waals surface area contributed by atoms with Crippen LogP contribution in [0, 0.1) is 5.82 Å². The maximum absolute atomic E-state index is 12.9. The molecule has 0 fully saturated rings. The molecule has 1 aliphatic rings. The van der Waals surface area contributed by atoms with E-state index in [0.717, 1.165) is 29.9 Å². The minimum absolute atomic E-state index is 0.251. The van der Waals surface area contributed by atoms with Gasteiger partial charge in [0.15, 0.2) is 0 Å². The summed E-state index contributed by atoms with van der Waals surface area (Å²) in [4.78, 5) is 4.36. The molecule has 1 aromatic carbocycles. The highest BCUT2D eigenvalue weighted by Crippen LogP contribution is 2.24. The lowest BCUT2D eigenvalue weighted by molar-refractivity contribution is 0.132. The van der Waals surface area contributed by atoms with Gasteiger partial charge in [-0.05, 0) is 37.1 Å². The SMILES string of the molecule is OC1CCc2cnc(-c3ccc(F)cc3)n2C1. The molecule has 3 rings (SSSR count). The fraction of sp³-hybridized carbons (Fsp3) is 0.308. The van der Waals surface area contributed by atoms with Crippen LogP contribution < -0.4 is 0 Å². The van der Waals surface area contributed by atoms with Crippen molar-refractivity contribution in [1.29, 1.82) is 0 Å². The molecule has 88 valence electrons. The Morgan fingerprint density at radius 1 is 1.29 bits per heavy atom. The second-order valence-electron chi connectivity index (χ2n) is 4.38. The van der Waals surface area contributed by atoms with Crippen LogP contribution in [0.4, 0.5) is 4.39 Å². The zero-order valence-electron chi connectivity index (χ0n) is 9.31. The number of hydrogen-bond acceptors (Lipinski definition) is 2. The number of aryl methyl sites for hydroxylation is 1. The molecule has 0 aliphatic carbocycles. The molecule has 1 aliphatic heterocycles. The topological polar surface area (TPSA) is 38.1 Å². The normalized spacial score (nSPS) is 19.1. The van der Waals surface area contributed by atoms with Gasteiger partial charge in [0, 0.05) is 17.5 Å². The van der Waals surface area contributed by atoms with Gasteiger partial charge < -0.3 is 9.67 Å². The average molecular weight is 232 g/mol. The smallest absolute Gasteiger partial charge is 0.140 e. The molecule has 1 atom stereocenters. The van der Waals surface area contributed by atoms with E-state index < -0.39 is 0 Å². The van der Waals surface area contributed by atoms with Gasteiger partial charge in [-0.2, -0.15) is 0 Å². The van der Waals surface area contributed by atoms with Gasteiger partial charge in [-0.3, -0.25) is 0 Å². The van der Waals surface area contributed by atoms with Crippen molar-refractivity contribution >= 4 is 0 Å². The number of benzene rings is 1. The number of aliphatic hydroxyl groups excluding tert-OH is 1. The number of nitrogens with zero attached hydrogens (tertiary/aromatic N) is 2. The predicted molar refractivity (Wildman–Crippen MR) is 61.9 cm³/mol. The van der Waals surface area contributed by atoms with Crippen LogP contribution in [-0.2, 0) is 13.0 Å². The van der Waals surface area contributed by atoms with E-state index >= 15 is 0 Å². The number of imidazole rings is 1. The van der Waals surface area contributed by atoms with E-state index in [0.29, 0.717) is 6.54 Å². The van der Waals surface area contributed by atoms with Crippen LogP contribution in [0.3, 0.4) is 0 Å². The zero-order valence-corrected chi connectivity index (χ0v) is 9.31. The molecular weight excluding hydrogens is 219 g/mol. The summed E-state index contributed by atoms with van der Waals surface area (Å²) in [6.07, 6.45) is 3.16. The first-order valence-corrected chi connectivity index (χ1v) is 5.72. The standard InChI is InChI=1S/C13H13FN2O/c14-10-3-1-9(2-4-10)13-15-7-11-5-6-12(17)8-16(11)13/h1-4,7,12,17H,5-6,8H2. The number of aliphatic hydroxyl groups is 1. The predicted octanol–water partition coefficient (Wildman–Crippen LogP) is 2.00. The van der Waals surface area contributed by atoms with Crippen molar-refractivity contribution in [3.8, 4) is 11.4 Å². The molecule has 17 heavy (non-hydrogen) atoms. The van der Waals surface area contributed by atoms with E-state index in [4.69, 9.17) is 0 Å². The maximum atomic E-state index is 12.9. The maximum Gasteiger partial charge on any atom is 0.140 e. The summed E-state index contributed by atoms with van der Waals surface area (Å²) >= 11 is 0.